The van der Waals surface area contributed by atoms with Crippen molar-refractivity contribution in [2.75, 3.05) is 17.2 Å². The van der Waals surface area contributed by atoms with Crippen LogP contribution in [-0.4, -0.2) is 27.7 Å². The zero-order valence-corrected chi connectivity index (χ0v) is 13.3. The number of aryl methyl sites for hydroxylation is 1. The van der Waals surface area contributed by atoms with Gasteiger partial charge in [0.15, 0.2) is 0 Å². The largest absolute Gasteiger partial charge is 0.394 e. The smallest absolute Gasteiger partial charge is 0.225 e. The summed E-state index contributed by atoms with van der Waals surface area (Å²) in [6.07, 6.45) is 2.28. The lowest BCUT2D eigenvalue weighted by molar-refractivity contribution is 0.281. The zero-order valence-electron chi connectivity index (χ0n) is 13.3. The van der Waals surface area contributed by atoms with E-state index in [1.165, 1.54) is 12.1 Å². The Morgan fingerprint density at radius 1 is 1.30 bits per heavy atom. The summed E-state index contributed by atoms with van der Waals surface area (Å²) >= 11 is 0. The quantitative estimate of drug-likeness (QED) is 0.762. The molecule has 1 aromatic heterocycles. The van der Waals surface area contributed by atoms with Gasteiger partial charge in [-0.2, -0.15) is 4.98 Å². The molecule has 1 saturated carbocycles. The number of nitrogens with zero attached hydrogens (tertiary/aromatic N) is 2. The fourth-order valence-electron chi connectivity index (χ4n) is 2.35. The van der Waals surface area contributed by atoms with Crippen molar-refractivity contribution in [1.29, 1.82) is 0 Å². The lowest BCUT2D eigenvalue weighted by atomic mass is 10.2. The Balaban J connectivity index is 1.87. The minimum Gasteiger partial charge on any atom is -0.394 e. The molecule has 122 valence electrons. The summed E-state index contributed by atoms with van der Waals surface area (Å²) in [6, 6.07) is 6.43. The van der Waals surface area contributed by atoms with Gasteiger partial charge in [-0.25, -0.2) is 9.37 Å². The number of aromatic nitrogens is 2. The van der Waals surface area contributed by atoms with Crippen LogP contribution in [0.1, 0.15) is 36.9 Å². The molecular weight excluding hydrogens is 295 g/mol. The molecule has 2 aromatic rings. The van der Waals surface area contributed by atoms with Crippen LogP contribution in [0.25, 0.3) is 0 Å². The van der Waals surface area contributed by atoms with Crippen LogP contribution in [0.4, 0.5) is 21.8 Å². The van der Waals surface area contributed by atoms with Gasteiger partial charge in [0.1, 0.15) is 11.6 Å². The SMILES string of the molecule is Cc1cc(F)ccc1Nc1cc(C2CC2)nc(N[C@H](C)CO)n1. The number of hydrogen-bond donors (Lipinski definition) is 3. The van der Waals surface area contributed by atoms with Gasteiger partial charge in [-0.05, 0) is 50.5 Å². The van der Waals surface area contributed by atoms with Crippen molar-refractivity contribution in [3.63, 3.8) is 0 Å². The molecule has 0 amide bonds. The number of benzene rings is 1. The molecule has 0 spiro atoms. The summed E-state index contributed by atoms with van der Waals surface area (Å²) in [5, 5.41) is 15.5. The van der Waals surface area contributed by atoms with Crippen molar-refractivity contribution in [3.8, 4) is 0 Å². The maximum atomic E-state index is 13.2. The minimum atomic E-state index is -0.256. The van der Waals surface area contributed by atoms with Crippen LogP contribution in [0.15, 0.2) is 24.3 Å². The monoisotopic (exact) mass is 316 g/mol. The molecule has 0 saturated heterocycles. The fraction of sp³-hybridized carbons (Fsp3) is 0.412. The topological polar surface area (TPSA) is 70.1 Å². The van der Waals surface area contributed by atoms with Crippen molar-refractivity contribution < 1.29 is 9.50 Å². The van der Waals surface area contributed by atoms with Gasteiger partial charge in [-0.3, -0.25) is 0 Å². The van der Waals surface area contributed by atoms with Crippen LogP contribution in [0.5, 0.6) is 0 Å². The predicted molar refractivity (Wildman–Crippen MR) is 88.6 cm³/mol. The zero-order chi connectivity index (χ0) is 16.4. The van der Waals surface area contributed by atoms with E-state index in [9.17, 15) is 9.50 Å². The fourth-order valence-corrected chi connectivity index (χ4v) is 2.35. The van der Waals surface area contributed by atoms with Crippen molar-refractivity contribution in [1.82, 2.24) is 9.97 Å². The van der Waals surface area contributed by atoms with Gasteiger partial charge in [0, 0.05) is 23.7 Å². The van der Waals surface area contributed by atoms with Gasteiger partial charge in [-0.1, -0.05) is 0 Å². The van der Waals surface area contributed by atoms with Crippen molar-refractivity contribution in [3.05, 3.63) is 41.3 Å². The number of aliphatic hydroxyl groups excluding tert-OH is 1. The van der Waals surface area contributed by atoms with E-state index in [2.05, 4.69) is 20.6 Å². The van der Waals surface area contributed by atoms with Gasteiger partial charge in [0.05, 0.1) is 12.3 Å². The Kier molecular flexibility index (Phi) is 4.43. The molecule has 1 aliphatic rings. The van der Waals surface area contributed by atoms with E-state index in [0.29, 0.717) is 17.7 Å². The number of aliphatic hydroxyl groups is 1. The van der Waals surface area contributed by atoms with E-state index in [1.807, 2.05) is 19.9 Å². The first-order valence-electron chi connectivity index (χ1n) is 7.84. The molecule has 5 nitrogen and oxygen atoms in total. The van der Waals surface area contributed by atoms with Gasteiger partial charge in [0.2, 0.25) is 5.95 Å². The van der Waals surface area contributed by atoms with E-state index >= 15 is 0 Å². The summed E-state index contributed by atoms with van der Waals surface area (Å²) in [5.41, 5.74) is 2.62. The van der Waals surface area contributed by atoms with E-state index < -0.39 is 0 Å². The van der Waals surface area contributed by atoms with Crippen molar-refractivity contribution in [2.24, 2.45) is 0 Å². The first-order chi connectivity index (χ1) is 11.0. The maximum absolute atomic E-state index is 13.2. The summed E-state index contributed by atoms with van der Waals surface area (Å²) in [5.74, 6) is 1.40. The third-order valence-electron chi connectivity index (χ3n) is 3.84. The Labute approximate surface area is 135 Å². The molecule has 1 atom stereocenters. The Hall–Kier alpha value is -2.21. The molecule has 0 radical (unpaired) electrons. The first-order valence-corrected chi connectivity index (χ1v) is 7.84. The van der Waals surface area contributed by atoms with Crippen LogP contribution in [0, 0.1) is 12.7 Å². The molecule has 6 heteroatoms. The Bertz CT molecular complexity index is 703. The second-order valence-corrected chi connectivity index (χ2v) is 6.09. The highest BCUT2D eigenvalue weighted by Crippen LogP contribution is 2.40. The number of anilines is 3. The second-order valence-electron chi connectivity index (χ2n) is 6.09. The van der Waals surface area contributed by atoms with Gasteiger partial charge in [0.25, 0.3) is 0 Å². The number of halogens is 1. The molecule has 3 N–H and O–H groups in total. The highest BCUT2D eigenvalue weighted by molar-refractivity contribution is 5.61. The molecule has 1 fully saturated rings. The van der Waals surface area contributed by atoms with Crippen LogP contribution >= 0.6 is 0 Å². The number of rotatable bonds is 6. The summed E-state index contributed by atoms with van der Waals surface area (Å²) in [6.45, 7) is 3.72. The van der Waals surface area contributed by atoms with E-state index in [4.69, 9.17) is 0 Å². The first kappa shape index (κ1) is 15.7. The Morgan fingerprint density at radius 3 is 2.74 bits per heavy atom. The average Bonchev–Trinajstić information content (AvgIpc) is 3.34. The Morgan fingerprint density at radius 2 is 2.09 bits per heavy atom. The normalized spacial score (nSPS) is 15.3. The molecule has 1 aliphatic carbocycles. The molecule has 23 heavy (non-hydrogen) atoms. The molecule has 0 bridgehead atoms. The van der Waals surface area contributed by atoms with E-state index in [1.54, 1.807) is 6.07 Å². The maximum Gasteiger partial charge on any atom is 0.225 e. The van der Waals surface area contributed by atoms with Gasteiger partial charge < -0.3 is 15.7 Å². The van der Waals surface area contributed by atoms with E-state index in [-0.39, 0.29) is 18.5 Å². The van der Waals surface area contributed by atoms with Crippen LogP contribution in [-0.2, 0) is 0 Å². The number of nitrogens with one attached hydrogen (secondary N) is 2. The third-order valence-corrected chi connectivity index (χ3v) is 3.84. The van der Waals surface area contributed by atoms with Gasteiger partial charge >= 0.3 is 0 Å². The van der Waals surface area contributed by atoms with Gasteiger partial charge in [-0.15, -0.1) is 0 Å². The standard InChI is InChI=1S/C17H21FN4O/c1-10-7-13(18)5-6-14(10)20-16-8-15(12-3-4-12)21-17(22-16)19-11(2)9-23/h5-8,11-12,23H,3-4,9H2,1-2H3,(H2,19,20,21,22)/t11-/m1/s1. The highest BCUT2D eigenvalue weighted by Gasteiger charge is 2.26. The van der Waals surface area contributed by atoms with E-state index in [0.717, 1.165) is 29.8 Å². The average molecular weight is 316 g/mol. The second kappa shape index (κ2) is 6.50. The summed E-state index contributed by atoms with van der Waals surface area (Å²) < 4.78 is 13.2. The predicted octanol–water partition coefficient (Wildman–Crippen LogP) is 3.34. The molecule has 1 aromatic carbocycles. The third kappa shape index (κ3) is 3.96. The van der Waals surface area contributed by atoms with Crippen LogP contribution in [0.2, 0.25) is 0 Å². The molecular formula is C17H21FN4O. The minimum absolute atomic E-state index is 0.0108. The number of hydrogen-bond acceptors (Lipinski definition) is 5. The lowest BCUT2D eigenvalue weighted by Crippen LogP contribution is -2.21. The summed E-state index contributed by atoms with van der Waals surface area (Å²) in [7, 11) is 0. The summed E-state index contributed by atoms with van der Waals surface area (Å²) in [4.78, 5) is 8.98. The lowest BCUT2D eigenvalue weighted by Gasteiger charge is -2.15. The molecule has 0 unspecified atom stereocenters. The van der Waals surface area contributed by atoms with Crippen molar-refractivity contribution >= 4 is 17.5 Å². The highest BCUT2D eigenvalue weighted by atomic mass is 19.1. The molecule has 0 aliphatic heterocycles. The van der Waals surface area contributed by atoms with Crippen molar-refractivity contribution in [2.45, 2.75) is 38.6 Å². The molecule has 3 rings (SSSR count). The molecule has 1 heterocycles. The van der Waals surface area contributed by atoms with Crippen LogP contribution < -0.4 is 10.6 Å². The van der Waals surface area contributed by atoms with Crippen LogP contribution in [0.3, 0.4) is 0 Å².